The normalized spacial score (nSPS) is 19.2. The predicted molar refractivity (Wildman–Crippen MR) is 99.6 cm³/mol. The van der Waals surface area contributed by atoms with Gasteiger partial charge in [-0.3, -0.25) is 4.79 Å². The molecular formula is C19H27NO4Si. The SMILES string of the molecule is CC(C)(C)OC(=O)N1C(=O)C=CC1[C@@H](O[Si](C)(C)C)c1ccccc1. The molecule has 5 nitrogen and oxygen atoms in total. The van der Waals surface area contributed by atoms with Crippen molar-refractivity contribution in [1.29, 1.82) is 0 Å². The topological polar surface area (TPSA) is 55.8 Å². The Kier molecular flexibility index (Phi) is 5.54. The average molecular weight is 362 g/mol. The highest BCUT2D eigenvalue weighted by atomic mass is 28.4. The fraction of sp³-hybridized carbons (Fsp3) is 0.474. The molecule has 0 bridgehead atoms. The van der Waals surface area contributed by atoms with Crippen LogP contribution in [-0.4, -0.2) is 36.9 Å². The Morgan fingerprint density at radius 2 is 1.76 bits per heavy atom. The van der Waals surface area contributed by atoms with Crippen LogP contribution in [0.2, 0.25) is 19.6 Å². The van der Waals surface area contributed by atoms with Crippen molar-refractivity contribution in [3.05, 3.63) is 48.0 Å². The van der Waals surface area contributed by atoms with Gasteiger partial charge in [-0.15, -0.1) is 0 Å². The first-order valence-corrected chi connectivity index (χ1v) is 11.9. The van der Waals surface area contributed by atoms with E-state index in [2.05, 4.69) is 19.6 Å². The summed E-state index contributed by atoms with van der Waals surface area (Å²) in [5.41, 5.74) is 0.259. The smallest absolute Gasteiger partial charge is 0.417 e. The minimum atomic E-state index is -1.93. The minimum absolute atomic E-state index is 0.376. The van der Waals surface area contributed by atoms with Crippen molar-refractivity contribution < 1.29 is 18.8 Å². The summed E-state index contributed by atoms with van der Waals surface area (Å²) in [6, 6.07) is 9.17. The Balaban J connectivity index is 2.36. The summed E-state index contributed by atoms with van der Waals surface area (Å²) >= 11 is 0. The number of imide groups is 1. The van der Waals surface area contributed by atoms with Gasteiger partial charge in [0.15, 0.2) is 8.32 Å². The maximum Gasteiger partial charge on any atom is 0.417 e. The van der Waals surface area contributed by atoms with Gasteiger partial charge < -0.3 is 9.16 Å². The number of carbonyl (C=O) groups is 2. The molecule has 1 aromatic carbocycles. The van der Waals surface area contributed by atoms with Crippen LogP contribution in [0.25, 0.3) is 0 Å². The van der Waals surface area contributed by atoms with E-state index in [1.165, 1.54) is 6.08 Å². The van der Waals surface area contributed by atoms with Gasteiger partial charge in [0.05, 0.1) is 12.1 Å². The number of hydrogen-bond donors (Lipinski definition) is 0. The van der Waals surface area contributed by atoms with Gasteiger partial charge in [-0.2, -0.15) is 0 Å². The van der Waals surface area contributed by atoms with Crippen molar-refractivity contribution in [2.24, 2.45) is 0 Å². The summed E-state index contributed by atoms with van der Waals surface area (Å²) in [4.78, 5) is 26.0. The number of ether oxygens (including phenoxy) is 1. The Morgan fingerprint density at radius 1 is 1.16 bits per heavy atom. The zero-order valence-corrected chi connectivity index (χ0v) is 16.8. The Hall–Kier alpha value is -1.92. The maximum absolute atomic E-state index is 12.6. The first-order chi connectivity index (χ1) is 11.5. The number of benzene rings is 1. The van der Waals surface area contributed by atoms with Gasteiger partial charge in [0, 0.05) is 6.08 Å². The molecule has 2 atom stereocenters. The molecule has 0 aliphatic carbocycles. The van der Waals surface area contributed by atoms with Gasteiger partial charge >= 0.3 is 6.09 Å². The van der Waals surface area contributed by atoms with E-state index < -0.39 is 32.2 Å². The van der Waals surface area contributed by atoms with E-state index in [9.17, 15) is 9.59 Å². The standard InChI is InChI=1S/C19H27NO4Si/c1-19(2,3)23-18(22)20-15(12-13-16(20)21)17(24-25(4,5)6)14-10-8-7-9-11-14/h7-13,15,17H,1-6H3/t15?,17-/m0/s1. The molecule has 1 unspecified atom stereocenters. The third-order valence-corrected chi connectivity index (χ3v) is 4.44. The van der Waals surface area contributed by atoms with Crippen molar-refractivity contribution in [2.45, 2.75) is 58.2 Å². The summed E-state index contributed by atoms with van der Waals surface area (Å²) in [7, 11) is -1.93. The van der Waals surface area contributed by atoms with Crippen LogP contribution in [0.5, 0.6) is 0 Å². The first kappa shape index (κ1) is 19.4. The van der Waals surface area contributed by atoms with Gasteiger partial charge in [-0.25, -0.2) is 9.69 Å². The lowest BCUT2D eigenvalue weighted by Gasteiger charge is -2.35. The van der Waals surface area contributed by atoms with E-state index in [-0.39, 0.29) is 5.91 Å². The molecule has 0 fully saturated rings. The first-order valence-electron chi connectivity index (χ1n) is 8.45. The lowest BCUT2D eigenvalue weighted by atomic mass is 10.0. The molecule has 136 valence electrons. The zero-order chi connectivity index (χ0) is 18.8. The third kappa shape index (κ3) is 5.27. The third-order valence-electron chi connectivity index (χ3n) is 3.48. The number of hydrogen-bond acceptors (Lipinski definition) is 4. The van der Waals surface area contributed by atoms with E-state index in [1.54, 1.807) is 26.8 Å². The second-order valence-electron chi connectivity index (χ2n) is 8.10. The molecule has 0 N–H and O–H groups in total. The van der Waals surface area contributed by atoms with E-state index in [4.69, 9.17) is 9.16 Å². The molecule has 0 aromatic heterocycles. The van der Waals surface area contributed by atoms with Crippen LogP contribution in [0.15, 0.2) is 42.5 Å². The summed E-state index contributed by atoms with van der Waals surface area (Å²) in [6.07, 6.45) is 2.08. The van der Waals surface area contributed by atoms with Gasteiger partial charge in [-0.05, 0) is 46.0 Å². The average Bonchev–Trinajstić information content (AvgIpc) is 2.85. The Morgan fingerprint density at radius 3 is 2.28 bits per heavy atom. The lowest BCUT2D eigenvalue weighted by molar-refractivity contribution is -0.126. The van der Waals surface area contributed by atoms with E-state index in [0.717, 1.165) is 10.5 Å². The highest BCUT2D eigenvalue weighted by molar-refractivity contribution is 6.69. The fourth-order valence-corrected chi connectivity index (χ4v) is 3.65. The van der Waals surface area contributed by atoms with E-state index >= 15 is 0 Å². The predicted octanol–water partition coefficient (Wildman–Crippen LogP) is 4.28. The number of rotatable bonds is 4. The second kappa shape index (κ2) is 7.13. The molecule has 0 spiro atoms. The van der Waals surface area contributed by atoms with Crippen molar-refractivity contribution in [3.63, 3.8) is 0 Å². The van der Waals surface area contributed by atoms with Gasteiger partial charge in [0.25, 0.3) is 5.91 Å². The van der Waals surface area contributed by atoms with Crippen molar-refractivity contribution in [3.8, 4) is 0 Å². The number of carbonyl (C=O) groups excluding carboxylic acids is 2. The zero-order valence-electron chi connectivity index (χ0n) is 15.8. The van der Waals surface area contributed by atoms with Gasteiger partial charge in [0.1, 0.15) is 5.60 Å². The molecule has 2 amide bonds. The molecular weight excluding hydrogens is 334 g/mol. The highest BCUT2D eigenvalue weighted by Crippen LogP contribution is 2.33. The monoisotopic (exact) mass is 361 g/mol. The fourth-order valence-electron chi connectivity index (χ4n) is 2.61. The van der Waals surface area contributed by atoms with Crippen molar-refractivity contribution >= 4 is 20.3 Å². The molecule has 25 heavy (non-hydrogen) atoms. The van der Waals surface area contributed by atoms with Crippen LogP contribution < -0.4 is 0 Å². The van der Waals surface area contributed by atoms with Crippen LogP contribution in [0.1, 0.15) is 32.4 Å². The molecule has 1 aliphatic heterocycles. The van der Waals surface area contributed by atoms with Crippen molar-refractivity contribution in [1.82, 2.24) is 4.90 Å². The molecule has 0 radical (unpaired) electrons. The molecule has 0 saturated carbocycles. The van der Waals surface area contributed by atoms with Crippen LogP contribution in [-0.2, 0) is 14.0 Å². The van der Waals surface area contributed by atoms with Crippen LogP contribution in [0, 0.1) is 0 Å². The van der Waals surface area contributed by atoms with E-state index in [1.807, 2.05) is 30.3 Å². The molecule has 1 aromatic rings. The lowest BCUT2D eigenvalue weighted by Crippen LogP contribution is -2.47. The highest BCUT2D eigenvalue weighted by Gasteiger charge is 2.41. The van der Waals surface area contributed by atoms with Gasteiger partial charge in [0.2, 0.25) is 0 Å². The summed E-state index contributed by atoms with van der Waals surface area (Å²) in [5, 5.41) is 0. The minimum Gasteiger partial charge on any atom is -0.443 e. The van der Waals surface area contributed by atoms with Gasteiger partial charge in [-0.1, -0.05) is 36.4 Å². The molecule has 1 heterocycles. The Labute approximate surface area is 150 Å². The van der Waals surface area contributed by atoms with E-state index in [0.29, 0.717) is 0 Å². The van der Waals surface area contributed by atoms with Crippen molar-refractivity contribution in [2.75, 3.05) is 0 Å². The Bertz CT molecular complexity index is 658. The number of nitrogens with zero attached hydrogens (tertiary/aromatic N) is 1. The molecule has 6 heteroatoms. The quantitative estimate of drug-likeness (QED) is 0.751. The van der Waals surface area contributed by atoms with Crippen LogP contribution in [0.3, 0.4) is 0 Å². The molecule has 1 aliphatic rings. The summed E-state index contributed by atoms with van der Waals surface area (Å²) < 4.78 is 11.8. The molecule has 0 saturated heterocycles. The largest absolute Gasteiger partial charge is 0.443 e. The number of amides is 2. The molecule has 2 rings (SSSR count). The summed E-state index contributed by atoms with van der Waals surface area (Å²) in [5.74, 6) is -0.376. The maximum atomic E-state index is 12.6. The summed E-state index contributed by atoms with van der Waals surface area (Å²) in [6.45, 7) is 11.6. The van der Waals surface area contributed by atoms with Crippen LogP contribution >= 0.6 is 0 Å². The second-order valence-corrected chi connectivity index (χ2v) is 12.6. The van der Waals surface area contributed by atoms with Crippen LogP contribution in [0.4, 0.5) is 4.79 Å².